The molecule has 0 aliphatic rings. The topological polar surface area (TPSA) is 73.6 Å². The van der Waals surface area contributed by atoms with Crippen LogP contribution in [0.15, 0.2) is 18.2 Å². The number of ether oxygens (including phenoxy) is 2. The van der Waals surface area contributed by atoms with Crippen molar-refractivity contribution < 1.29 is 14.3 Å². The van der Waals surface area contributed by atoms with Gasteiger partial charge in [0.15, 0.2) is 6.61 Å². The van der Waals surface area contributed by atoms with Crippen LogP contribution in [-0.4, -0.2) is 26.2 Å². The number of amides is 1. The number of nitrogens with one attached hydrogen (secondary N) is 1. The zero-order valence-electron chi connectivity index (χ0n) is 12.4. The van der Waals surface area contributed by atoms with Crippen LogP contribution >= 0.6 is 0 Å². The second kappa shape index (κ2) is 8.43. The summed E-state index contributed by atoms with van der Waals surface area (Å²) < 4.78 is 10.6. The molecule has 1 aromatic carbocycles. The van der Waals surface area contributed by atoms with Crippen molar-refractivity contribution in [2.24, 2.45) is 11.7 Å². The van der Waals surface area contributed by atoms with Crippen LogP contribution in [0.5, 0.6) is 11.5 Å². The predicted octanol–water partition coefficient (Wildman–Crippen LogP) is 1.69. The monoisotopic (exact) mass is 280 g/mol. The number of methoxy groups -OCH3 is 1. The lowest BCUT2D eigenvalue weighted by atomic mass is 10.1. The molecule has 20 heavy (non-hydrogen) atoms. The van der Waals surface area contributed by atoms with Crippen LogP contribution in [0.4, 0.5) is 0 Å². The summed E-state index contributed by atoms with van der Waals surface area (Å²) in [5, 5.41) is 2.82. The van der Waals surface area contributed by atoms with Crippen molar-refractivity contribution in [1.29, 1.82) is 0 Å². The summed E-state index contributed by atoms with van der Waals surface area (Å²) in [4.78, 5) is 11.7. The molecule has 0 aliphatic heterocycles. The third-order valence-electron chi connectivity index (χ3n) is 2.90. The van der Waals surface area contributed by atoms with E-state index in [1.165, 1.54) is 0 Å². The molecule has 0 radical (unpaired) electrons. The Kier molecular flexibility index (Phi) is 6.87. The molecule has 0 fully saturated rings. The van der Waals surface area contributed by atoms with Gasteiger partial charge in [0.05, 0.1) is 7.11 Å². The Morgan fingerprint density at radius 1 is 1.40 bits per heavy atom. The van der Waals surface area contributed by atoms with Gasteiger partial charge in [-0.25, -0.2) is 0 Å². The van der Waals surface area contributed by atoms with Crippen LogP contribution in [0.2, 0.25) is 0 Å². The molecule has 3 N–H and O–H groups in total. The maximum Gasteiger partial charge on any atom is 0.257 e. The fraction of sp³-hybridized carbons (Fsp3) is 0.533. The highest BCUT2D eigenvalue weighted by Gasteiger charge is 2.08. The highest BCUT2D eigenvalue weighted by atomic mass is 16.5. The molecule has 0 bridgehead atoms. The van der Waals surface area contributed by atoms with Gasteiger partial charge in [-0.3, -0.25) is 4.79 Å². The number of hydrogen-bond donors (Lipinski definition) is 2. The van der Waals surface area contributed by atoms with Gasteiger partial charge in [-0.15, -0.1) is 0 Å². The van der Waals surface area contributed by atoms with Crippen LogP contribution in [0.3, 0.4) is 0 Å². The van der Waals surface area contributed by atoms with Gasteiger partial charge in [0.2, 0.25) is 0 Å². The summed E-state index contributed by atoms with van der Waals surface area (Å²) in [5.74, 6) is 1.71. The van der Waals surface area contributed by atoms with E-state index < -0.39 is 0 Å². The Balaban J connectivity index is 2.49. The van der Waals surface area contributed by atoms with Crippen LogP contribution in [-0.2, 0) is 11.3 Å². The SMILES string of the molecule is COc1ccc(CN)c(OCC(=O)NCCC(C)C)c1. The Bertz CT molecular complexity index is 433. The number of nitrogens with two attached hydrogens (primary N) is 1. The van der Waals surface area contributed by atoms with Gasteiger partial charge in [0.25, 0.3) is 5.91 Å². The molecule has 1 rings (SSSR count). The Morgan fingerprint density at radius 2 is 2.15 bits per heavy atom. The van der Waals surface area contributed by atoms with Gasteiger partial charge in [-0.2, -0.15) is 0 Å². The van der Waals surface area contributed by atoms with E-state index in [0.717, 1.165) is 12.0 Å². The second-order valence-corrected chi connectivity index (χ2v) is 5.00. The fourth-order valence-electron chi connectivity index (χ4n) is 1.66. The van der Waals surface area contributed by atoms with Gasteiger partial charge in [0.1, 0.15) is 11.5 Å². The highest BCUT2D eigenvalue weighted by molar-refractivity contribution is 5.77. The van der Waals surface area contributed by atoms with E-state index >= 15 is 0 Å². The molecular weight excluding hydrogens is 256 g/mol. The molecule has 1 amide bonds. The number of rotatable bonds is 8. The summed E-state index contributed by atoms with van der Waals surface area (Å²) in [7, 11) is 1.58. The van der Waals surface area contributed by atoms with E-state index in [0.29, 0.717) is 30.5 Å². The first-order valence-electron chi connectivity index (χ1n) is 6.83. The van der Waals surface area contributed by atoms with E-state index in [2.05, 4.69) is 19.2 Å². The maximum atomic E-state index is 11.7. The van der Waals surface area contributed by atoms with Crippen molar-refractivity contribution in [3.63, 3.8) is 0 Å². The zero-order chi connectivity index (χ0) is 15.0. The molecule has 112 valence electrons. The lowest BCUT2D eigenvalue weighted by Gasteiger charge is -2.12. The summed E-state index contributed by atoms with van der Waals surface area (Å²) in [6, 6.07) is 5.40. The summed E-state index contributed by atoms with van der Waals surface area (Å²) in [6.07, 6.45) is 0.957. The largest absolute Gasteiger partial charge is 0.497 e. The smallest absolute Gasteiger partial charge is 0.257 e. The van der Waals surface area contributed by atoms with Gasteiger partial charge in [0, 0.05) is 24.7 Å². The molecule has 0 saturated heterocycles. The fourth-order valence-corrected chi connectivity index (χ4v) is 1.66. The van der Waals surface area contributed by atoms with Crippen molar-refractivity contribution >= 4 is 5.91 Å². The van der Waals surface area contributed by atoms with E-state index in [-0.39, 0.29) is 12.5 Å². The van der Waals surface area contributed by atoms with Gasteiger partial charge in [-0.1, -0.05) is 19.9 Å². The predicted molar refractivity (Wildman–Crippen MR) is 78.8 cm³/mol. The number of carbonyl (C=O) groups excluding carboxylic acids is 1. The average molecular weight is 280 g/mol. The lowest BCUT2D eigenvalue weighted by molar-refractivity contribution is -0.123. The number of benzene rings is 1. The van der Waals surface area contributed by atoms with Crippen molar-refractivity contribution in [1.82, 2.24) is 5.32 Å². The third kappa shape index (κ3) is 5.48. The molecule has 0 atom stereocenters. The Hall–Kier alpha value is -1.75. The van der Waals surface area contributed by atoms with Crippen LogP contribution in [0.1, 0.15) is 25.8 Å². The van der Waals surface area contributed by atoms with E-state index in [9.17, 15) is 4.79 Å². The highest BCUT2D eigenvalue weighted by Crippen LogP contribution is 2.24. The first kappa shape index (κ1) is 16.3. The summed E-state index contributed by atoms with van der Waals surface area (Å²) in [5.41, 5.74) is 6.49. The number of hydrogen-bond acceptors (Lipinski definition) is 4. The molecule has 0 aliphatic carbocycles. The molecule has 0 heterocycles. The minimum Gasteiger partial charge on any atom is -0.497 e. The maximum absolute atomic E-state index is 11.7. The van der Waals surface area contributed by atoms with E-state index in [4.69, 9.17) is 15.2 Å². The van der Waals surface area contributed by atoms with Crippen molar-refractivity contribution in [3.05, 3.63) is 23.8 Å². The van der Waals surface area contributed by atoms with Gasteiger partial charge in [-0.05, 0) is 18.4 Å². The molecule has 1 aromatic rings. The quantitative estimate of drug-likeness (QED) is 0.760. The van der Waals surface area contributed by atoms with Crippen molar-refractivity contribution in [3.8, 4) is 11.5 Å². The van der Waals surface area contributed by atoms with Crippen molar-refractivity contribution in [2.45, 2.75) is 26.8 Å². The van der Waals surface area contributed by atoms with E-state index in [1.54, 1.807) is 13.2 Å². The molecule has 0 unspecified atom stereocenters. The zero-order valence-corrected chi connectivity index (χ0v) is 12.4. The first-order valence-corrected chi connectivity index (χ1v) is 6.83. The first-order chi connectivity index (χ1) is 9.56. The van der Waals surface area contributed by atoms with Crippen LogP contribution < -0.4 is 20.5 Å². The molecule has 5 nitrogen and oxygen atoms in total. The second-order valence-electron chi connectivity index (χ2n) is 5.00. The van der Waals surface area contributed by atoms with Gasteiger partial charge >= 0.3 is 0 Å². The third-order valence-corrected chi connectivity index (χ3v) is 2.90. The number of carbonyl (C=O) groups is 1. The summed E-state index contributed by atoms with van der Waals surface area (Å²) in [6.45, 7) is 5.24. The standard InChI is InChI=1S/C15H24N2O3/c1-11(2)6-7-17-15(18)10-20-14-8-13(19-3)5-4-12(14)9-16/h4-5,8,11H,6-7,9-10,16H2,1-3H3,(H,17,18). The van der Waals surface area contributed by atoms with Crippen LogP contribution in [0, 0.1) is 5.92 Å². The minimum atomic E-state index is -0.128. The van der Waals surface area contributed by atoms with Gasteiger partial charge < -0.3 is 20.5 Å². The van der Waals surface area contributed by atoms with Crippen molar-refractivity contribution in [2.75, 3.05) is 20.3 Å². The molecule has 5 heteroatoms. The van der Waals surface area contributed by atoms with Crippen LogP contribution in [0.25, 0.3) is 0 Å². The Labute approximate surface area is 120 Å². The normalized spacial score (nSPS) is 10.4. The molecular formula is C15H24N2O3. The average Bonchev–Trinajstić information content (AvgIpc) is 2.44. The Morgan fingerprint density at radius 3 is 2.75 bits per heavy atom. The molecule has 0 spiro atoms. The molecule has 0 saturated carbocycles. The summed E-state index contributed by atoms with van der Waals surface area (Å²) >= 11 is 0. The minimum absolute atomic E-state index is 0.0156. The van der Waals surface area contributed by atoms with E-state index in [1.807, 2.05) is 12.1 Å². The lowest BCUT2D eigenvalue weighted by Crippen LogP contribution is -2.30. The molecule has 0 aromatic heterocycles.